The fourth-order valence-electron chi connectivity index (χ4n) is 5.76. The van der Waals surface area contributed by atoms with E-state index < -0.39 is 58.4 Å². The summed E-state index contributed by atoms with van der Waals surface area (Å²) in [4.78, 5) is 50.1. The fraction of sp³-hybridized carbons (Fsp3) is 0.345. The number of ether oxygens (including phenoxy) is 1. The molecule has 0 bridgehead atoms. The summed E-state index contributed by atoms with van der Waals surface area (Å²) in [7, 11) is 1.51. The number of nitrogens with zero attached hydrogens (tertiary/aromatic N) is 5. The highest BCUT2D eigenvalue weighted by Crippen LogP contribution is 2.47. The van der Waals surface area contributed by atoms with Gasteiger partial charge in [0.15, 0.2) is 10.9 Å². The second kappa shape index (κ2) is 10.6. The summed E-state index contributed by atoms with van der Waals surface area (Å²) in [6.45, 7) is 6.67. The third kappa shape index (κ3) is 5.03. The zero-order chi connectivity index (χ0) is 32.7. The first-order valence-electron chi connectivity index (χ1n) is 13.7. The minimum atomic E-state index is -1.17. The van der Waals surface area contributed by atoms with Crippen LogP contribution in [0.2, 0.25) is 5.02 Å². The van der Waals surface area contributed by atoms with E-state index in [9.17, 15) is 23.9 Å². The maximum absolute atomic E-state index is 16.5. The van der Waals surface area contributed by atoms with Crippen LogP contribution in [-0.4, -0.2) is 75.9 Å². The van der Waals surface area contributed by atoms with Crippen molar-refractivity contribution in [3.8, 4) is 11.1 Å². The van der Waals surface area contributed by atoms with Crippen LogP contribution < -0.4 is 15.1 Å². The van der Waals surface area contributed by atoms with E-state index in [1.165, 1.54) is 29.1 Å². The third-order valence-corrected chi connectivity index (χ3v) is 8.96. The van der Waals surface area contributed by atoms with Crippen molar-refractivity contribution in [2.24, 2.45) is 0 Å². The van der Waals surface area contributed by atoms with Crippen LogP contribution in [-0.2, 0) is 9.53 Å². The Balaban J connectivity index is 1.51. The van der Waals surface area contributed by atoms with E-state index in [1.54, 1.807) is 32.6 Å². The van der Waals surface area contributed by atoms with Crippen LogP contribution in [0.3, 0.4) is 0 Å². The van der Waals surface area contributed by atoms with Gasteiger partial charge in [-0.1, -0.05) is 22.9 Å². The number of carbonyl (C=O) groups is 3. The van der Waals surface area contributed by atoms with Gasteiger partial charge in [-0.2, -0.15) is 0 Å². The summed E-state index contributed by atoms with van der Waals surface area (Å²) in [6.07, 6.45) is -0.725. The number of pyridine rings is 1. The maximum atomic E-state index is 16.5. The number of thiazole rings is 1. The first-order valence-corrected chi connectivity index (χ1v) is 14.9. The Bertz CT molecular complexity index is 1950. The van der Waals surface area contributed by atoms with E-state index in [0.29, 0.717) is 28.8 Å². The van der Waals surface area contributed by atoms with Gasteiger partial charge in [-0.3, -0.25) is 15.1 Å². The highest BCUT2D eigenvalue weighted by molar-refractivity contribution is 7.22. The molecule has 11 nitrogen and oxygen atoms in total. The quantitative estimate of drug-likeness (QED) is 0.250. The highest BCUT2D eigenvalue weighted by atomic mass is 35.5. The molecule has 2 N–H and O–H groups in total. The van der Waals surface area contributed by atoms with E-state index in [1.807, 2.05) is 0 Å². The number of nitrogens with one attached hydrogen (secondary N) is 1. The average molecular weight is 663 g/mol. The molecule has 6 rings (SSSR count). The minimum absolute atomic E-state index is 0.108. The molecular weight excluding hydrogens is 637 g/mol. The van der Waals surface area contributed by atoms with Crippen molar-refractivity contribution in [2.75, 3.05) is 35.3 Å². The zero-order valence-corrected chi connectivity index (χ0v) is 26.1. The molecular formula is C29H26ClF3N6O5S. The van der Waals surface area contributed by atoms with E-state index in [2.05, 4.69) is 15.3 Å². The standard InChI is InChI=1S/C29H26ClF3N6O5S/c1-11-9-39-17(10-38(11)28(42)43)25(40)37(5)16-8-34-21-12(23(16)39)6-13(30)18(20(21)33)19-14(31)7-15(32)24-22(19)35-26(45-24)36-27(41)44-29(2,3)4/h6-8,11,17H,9-10H2,1-5H3,(H,42,43)(H,35,36,41)/t11-,17-/m1/s1. The lowest BCUT2D eigenvalue weighted by Crippen LogP contribution is -2.65. The molecule has 45 heavy (non-hydrogen) atoms. The first-order chi connectivity index (χ1) is 21.1. The Morgan fingerprint density at radius 1 is 1.13 bits per heavy atom. The molecule has 0 unspecified atom stereocenters. The average Bonchev–Trinajstić information content (AvgIpc) is 3.35. The molecule has 0 radical (unpaired) electrons. The molecule has 2 aromatic heterocycles. The number of carboxylic acid groups (broad SMARTS) is 1. The third-order valence-electron chi connectivity index (χ3n) is 7.69. The molecule has 4 heterocycles. The lowest BCUT2D eigenvalue weighted by molar-refractivity contribution is -0.120. The first kappa shape index (κ1) is 30.6. The van der Waals surface area contributed by atoms with Crippen molar-refractivity contribution >= 4 is 78.7 Å². The number of piperazine rings is 1. The summed E-state index contributed by atoms with van der Waals surface area (Å²) in [6, 6.07) is 0.584. The Labute approximate surface area is 263 Å². The van der Waals surface area contributed by atoms with Crippen LogP contribution in [0.15, 0.2) is 18.3 Å². The number of benzene rings is 2. The van der Waals surface area contributed by atoms with Crippen LogP contribution in [0.4, 0.5) is 39.3 Å². The Hall–Kier alpha value is -4.37. The summed E-state index contributed by atoms with van der Waals surface area (Å²) >= 11 is 7.38. The van der Waals surface area contributed by atoms with Gasteiger partial charge in [0, 0.05) is 42.2 Å². The summed E-state index contributed by atoms with van der Waals surface area (Å²) in [5, 5.41) is 11.9. The number of anilines is 3. The van der Waals surface area contributed by atoms with Gasteiger partial charge in [0.25, 0.3) is 5.91 Å². The summed E-state index contributed by atoms with van der Waals surface area (Å²) in [5.74, 6) is -3.50. The molecule has 236 valence electrons. The van der Waals surface area contributed by atoms with E-state index in [0.717, 1.165) is 0 Å². The normalized spacial score (nSPS) is 18.3. The Morgan fingerprint density at radius 3 is 2.51 bits per heavy atom. The number of hydrogen-bond donors (Lipinski definition) is 2. The largest absolute Gasteiger partial charge is 0.465 e. The van der Waals surface area contributed by atoms with Crippen molar-refractivity contribution in [3.63, 3.8) is 0 Å². The van der Waals surface area contributed by atoms with Crippen molar-refractivity contribution in [1.29, 1.82) is 0 Å². The number of carbonyl (C=O) groups excluding carboxylic acids is 2. The topological polar surface area (TPSA) is 128 Å². The van der Waals surface area contributed by atoms with Crippen molar-refractivity contribution in [3.05, 3.63) is 40.8 Å². The molecule has 2 aliphatic heterocycles. The van der Waals surface area contributed by atoms with Gasteiger partial charge in [-0.25, -0.2) is 27.7 Å². The number of halogens is 4. The maximum Gasteiger partial charge on any atom is 0.413 e. The van der Waals surface area contributed by atoms with Gasteiger partial charge in [0.2, 0.25) is 0 Å². The van der Waals surface area contributed by atoms with Crippen molar-refractivity contribution < 1.29 is 37.4 Å². The molecule has 4 aromatic rings. The van der Waals surface area contributed by atoms with Crippen LogP contribution >= 0.6 is 22.9 Å². The number of fused-ring (bicyclic) bond motifs is 6. The molecule has 1 saturated heterocycles. The van der Waals surface area contributed by atoms with Gasteiger partial charge in [-0.05, 0) is 33.8 Å². The molecule has 2 atom stereocenters. The van der Waals surface area contributed by atoms with Gasteiger partial charge < -0.3 is 24.5 Å². The SMILES string of the molecule is C[C@@H]1CN2c3c(cnc4c(F)c(-c5c(F)cc(F)c6sc(NC(=O)OC(C)(C)C)nc56)c(Cl)cc34)N(C)C(=O)[C@H]2CN1C(=O)O. The molecule has 2 aliphatic rings. The van der Waals surface area contributed by atoms with Gasteiger partial charge in [-0.15, -0.1) is 0 Å². The smallest absolute Gasteiger partial charge is 0.413 e. The molecule has 16 heteroatoms. The van der Waals surface area contributed by atoms with Gasteiger partial charge >= 0.3 is 12.2 Å². The second-order valence-electron chi connectivity index (χ2n) is 11.8. The van der Waals surface area contributed by atoms with E-state index in [-0.39, 0.29) is 50.3 Å². The number of aromatic nitrogens is 2. The monoisotopic (exact) mass is 662 g/mol. The Morgan fingerprint density at radius 2 is 1.84 bits per heavy atom. The number of amides is 3. The number of rotatable bonds is 2. The predicted octanol–water partition coefficient (Wildman–Crippen LogP) is 6.46. The zero-order valence-electron chi connectivity index (χ0n) is 24.5. The van der Waals surface area contributed by atoms with E-state index in [4.69, 9.17) is 16.3 Å². The minimum Gasteiger partial charge on any atom is -0.465 e. The van der Waals surface area contributed by atoms with Crippen LogP contribution in [0.5, 0.6) is 0 Å². The lowest BCUT2D eigenvalue weighted by atomic mass is 9.96. The second-order valence-corrected chi connectivity index (χ2v) is 13.2. The summed E-state index contributed by atoms with van der Waals surface area (Å²) in [5.41, 5.74) is -1.39. The molecule has 3 amide bonds. The van der Waals surface area contributed by atoms with E-state index >= 15 is 8.78 Å². The molecule has 0 aliphatic carbocycles. The lowest BCUT2D eigenvalue weighted by Gasteiger charge is -2.49. The van der Waals surface area contributed by atoms with Gasteiger partial charge in [0.1, 0.15) is 28.8 Å². The van der Waals surface area contributed by atoms with Crippen molar-refractivity contribution in [2.45, 2.75) is 45.4 Å². The highest BCUT2D eigenvalue weighted by Gasteiger charge is 2.45. The molecule has 0 saturated carbocycles. The summed E-state index contributed by atoms with van der Waals surface area (Å²) < 4.78 is 52.0. The van der Waals surface area contributed by atoms with Gasteiger partial charge in [0.05, 0.1) is 39.4 Å². The van der Waals surface area contributed by atoms with Crippen LogP contribution in [0, 0.1) is 17.5 Å². The molecule has 2 aromatic carbocycles. The Kier molecular flexibility index (Phi) is 7.23. The van der Waals surface area contributed by atoms with Crippen molar-refractivity contribution in [1.82, 2.24) is 14.9 Å². The molecule has 0 spiro atoms. The predicted molar refractivity (Wildman–Crippen MR) is 164 cm³/mol. The van der Waals surface area contributed by atoms with Crippen LogP contribution in [0.1, 0.15) is 27.7 Å². The van der Waals surface area contributed by atoms with Crippen LogP contribution in [0.25, 0.3) is 32.2 Å². The molecule has 1 fully saturated rings. The number of hydrogen-bond acceptors (Lipinski definition) is 8. The fourth-order valence-corrected chi connectivity index (χ4v) is 6.91. The number of likely N-dealkylation sites (N-methyl/N-ethyl adjacent to an activating group) is 1.